The van der Waals surface area contributed by atoms with Gasteiger partial charge >= 0.3 is 30.9 Å². The Balaban J connectivity index is -0.00000000889. The van der Waals surface area contributed by atoms with E-state index in [4.69, 9.17) is 9.79 Å². The zero-order valence-electron chi connectivity index (χ0n) is 9.97. The monoisotopic (exact) mass is 289 g/mol. The van der Waals surface area contributed by atoms with E-state index in [1.165, 1.54) is 0 Å². The van der Waals surface area contributed by atoms with Crippen molar-refractivity contribution >= 4 is 36.8 Å². The molecule has 0 aromatic heterocycles. The number of guanidine groups is 1. The summed E-state index contributed by atoms with van der Waals surface area (Å²) in [5.41, 5.74) is 9.32. The smallest absolute Gasteiger partial charge is 1.00 e. The maximum Gasteiger partial charge on any atom is 2.00 e. The van der Waals surface area contributed by atoms with Crippen LogP contribution < -0.4 is 11.5 Å². The molecule has 0 unspecified atom stereocenters. The predicted octanol–water partition coefficient (Wildman–Crippen LogP) is -6.82. The van der Waals surface area contributed by atoms with Crippen LogP contribution in [0.4, 0.5) is 0 Å². The number of rotatable bonds is 2. The van der Waals surface area contributed by atoms with Gasteiger partial charge in [-0.15, -0.1) is 0 Å². The molecule has 0 spiro atoms. The van der Waals surface area contributed by atoms with Crippen molar-refractivity contribution < 1.29 is 54.7 Å². The molecule has 0 aliphatic heterocycles. The summed E-state index contributed by atoms with van der Waals surface area (Å²) in [6.07, 6.45) is 0. The minimum Gasteiger partial charge on any atom is -1.00 e. The maximum atomic E-state index is 9.79. The summed E-state index contributed by atoms with van der Waals surface area (Å²) in [5, 5.41) is 2.60. The number of nitrogens with two attached hydrogens (primary N) is 2. The molecule has 15 heteroatoms. The Bertz CT molecular complexity index is 175. The Morgan fingerprint density at radius 2 is 1.31 bits per heavy atom. The van der Waals surface area contributed by atoms with Gasteiger partial charge in [-0.2, -0.15) is 0 Å². The van der Waals surface area contributed by atoms with Crippen LogP contribution in [0.5, 0.6) is 0 Å². The van der Waals surface area contributed by atoms with Gasteiger partial charge in [0.15, 0.2) is 0 Å². The number of phosphoric acid groups is 1. The number of nitrogens with zero attached hydrogens (tertiary/aromatic N) is 1. The predicted molar refractivity (Wildman–Crippen MR) is 58.6 cm³/mol. The van der Waals surface area contributed by atoms with E-state index < -0.39 is 13.8 Å². The molecule has 0 aromatic carbocycles. The summed E-state index contributed by atoms with van der Waals surface area (Å²) in [4.78, 5) is 15.9. The second-order valence-corrected chi connectivity index (χ2v) is 2.23. The largest absolute Gasteiger partial charge is 2.00 e. The van der Waals surface area contributed by atoms with E-state index in [0.29, 0.717) is 0 Å². The van der Waals surface area contributed by atoms with Crippen molar-refractivity contribution in [1.29, 1.82) is 0 Å². The molecule has 0 amide bonds. The molecule has 13 nitrogen and oxygen atoms in total. The van der Waals surface area contributed by atoms with Gasteiger partial charge in [0.05, 0.1) is 0 Å². The molecule has 0 bridgehead atoms. The average molecular weight is 289 g/mol. The Labute approximate surface area is 109 Å². The number of oxime groups is 1. The van der Waals surface area contributed by atoms with Crippen LogP contribution in [-0.2, 0) is 9.19 Å². The molecular formula is CH20MgN3O10P. The van der Waals surface area contributed by atoms with Gasteiger partial charge in [-0.1, -0.05) is 0 Å². The van der Waals surface area contributed by atoms with Crippen LogP contribution in [0.15, 0.2) is 5.16 Å². The fraction of sp³-hybridized carbons (Fsp3) is 0. The minimum absolute atomic E-state index is 0. The van der Waals surface area contributed by atoms with E-state index in [2.05, 4.69) is 21.2 Å². The minimum atomic E-state index is -4.57. The SMILES string of the molecule is NC(N)=NOP(=O)(O)O.O.O.O.O.O.O.[H-].[H-].[Mg+2]. The zero-order valence-corrected chi connectivity index (χ0v) is 10.3. The Morgan fingerprint density at radius 1 is 1.06 bits per heavy atom. The van der Waals surface area contributed by atoms with Crippen LogP contribution in [0.3, 0.4) is 0 Å². The molecule has 16 heavy (non-hydrogen) atoms. The first-order valence-corrected chi connectivity index (χ1v) is 3.28. The molecule has 0 radical (unpaired) electrons. The van der Waals surface area contributed by atoms with Crippen molar-refractivity contribution in [2.24, 2.45) is 16.6 Å². The van der Waals surface area contributed by atoms with E-state index in [1.54, 1.807) is 0 Å². The van der Waals surface area contributed by atoms with Crippen LogP contribution in [0.2, 0.25) is 0 Å². The maximum absolute atomic E-state index is 9.79. The van der Waals surface area contributed by atoms with E-state index >= 15 is 0 Å². The summed E-state index contributed by atoms with van der Waals surface area (Å²) >= 11 is 0. The number of hydrogen-bond donors (Lipinski definition) is 4. The third-order valence-electron chi connectivity index (χ3n) is 0.253. The first kappa shape index (κ1) is 57.1. The fourth-order valence-corrected chi connectivity index (χ4v) is 0.301. The molecule has 18 N–H and O–H groups in total. The van der Waals surface area contributed by atoms with Gasteiger partial charge in [-0.3, -0.25) is 14.4 Å². The summed E-state index contributed by atoms with van der Waals surface area (Å²) in [6.45, 7) is 0. The molecule has 106 valence electrons. The zero-order chi connectivity index (χ0) is 7.49. The van der Waals surface area contributed by atoms with Crippen molar-refractivity contribution in [3.63, 3.8) is 0 Å². The second kappa shape index (κ2) is 24.1. The van der Waals surface area contributed by atoms with Crippen LogP contribution in [0.25, 0.3) is 0 Å². The molecule has 0 saturated heterocycles. The normalized spacial score (nSPS) is 5.88. The topological polar surface area (TPSA) is 320 Å². The molecule has 0 aliphatic rings. The molecular weight excluding hydrogens is 269 g/mol. The van der Waals surface area contributed by atoms with E-state index in [1.807, 2.05) is 0 Å². The van der Waals surface area contributed by atoms with Crippen molar-refractivity contribution in [2.45, 2.75) is 0 Å². The summed E-state index contributed by atoms with van der Waals surface area (Å²) in [5.74, 6) is -0.543. The van der Waals surface area contributed by atoms with Gasteiger partial charge in [0, 0.05) is 0 Å². The molecule has 0 aliphatic carbocycles. The fourth-order valence-electron chi connectivity index (χ4n) is 0.100. The van der Waals surface area contributed by atoms with Crippen LogP contribution in [0, 0.1) is 0 Å². The second-order valence-electron chi connectivity index (χ2n) is 1.09. The van der Waals surface area contributed by atoms with Gasteiger partial charge in [-0.05, 0) is 5.16 Å². The first-order chi connectivity index (χ1) is 3.92. The van der Waals surface area contributed by atoms with Crippen LogP contribution >= 0.6 is 7.82 Å². The van der Waals surface area contributed by atoms with E-state index in [0.717, 1.165) is 0 Å². The quantitative estimate of drug-likeness (QED) is 0.125. The standard InChI is InChI=1S/CH6N3O4P.Mg.6H2O.2H/c2-1(3)4-8-9(5,6)7;;;;;;;;;/h(H4,2,3,4)(H2,5,6,7);;6*1H2;;/q;+2;;;;;;;2*-1. The third-order valence-corrected chi connectivity index (χ3v) is 0.547. The number of hydrogen-bond acceptors (Lipinski definition) is 3. The Morgan fingerprint density at radius 3 is 1.38 bits per heavy atom. The van der Waals surface area contributed by atoms with E-state index in [9.17, 15) is 4.57 Å². The Kier molecular flexibility index (Phi) is 86.1. The van der Waals surface area contributed by atoms with E-state index in [-0.39, 0.29) is 58.8 Å². The average Bonchev–Trinajstić information content (AvgIpc) is 1.59. The van der Waals surface area contributed by atoms with Gasteiger partial charge in [0.25, 0.3) is 0 Å². The molecule has 0 rings (SSSR count). The van der Waals surface area contributed by atoms with Crippen LogP contribution in [0.1, 0.15) is 2.85 Å². The molecule has 0 saturated carbocycles. The van der Waals surface area contributed by atoms with Crippen molar-refractivity contribution in [2.75, 3.05) is 0 Å². The summed E-state index contributed by atoms with van der Waals surface area (Å²) in [6, 6.07) is 0. The molecule has 0 aromatic rings. The summed E-state index contributed by atoms with van der Waals surface area (Å²) in [7, 11) is -4.57. The van der Waals surface area contributed by atoms with Gasteiger partial charge in [0.1, 0.15) is 0 Å². The van der Waals surface area contributed by atoms with Gasteiger partial charge < -0.3 is 47.2 Å². The molecule has 0 heterocycles. The Hall–Kier alpha value is -0.254. The summed E-state index contributed by atoms with van der Waals surface area (Å²) < 4.78 is 13.3. The first-order valence-electron chi connectivity index (χ1n) is 1.75. The van der Waals surface area contributed by atoms with Crippen molar-refractivity contribution in [3.05, 3.63) is 0 Å². The third kappa shape index (κ3) is 67.6. The molecule has 0 fully saturated rings. The van der Waals surface area contributed by atoms with Crippen molar-refractivity contribution in [3.8, 4) is 0 Å². The van der Waals surface area contributed by atoms with Gasteiger partial charge in [-0.25, -0.2) is 4.57 Å². The van der Waals surface area contributed by atoms with Gasteiger partial charge in [0.2, 0.25) is 5.96 Å². The van der Waals surface area contributed by atoms with Crippen molar-refractivity contribution in [1.82, 2.24) is 0 Å². The van der Waals surface area contributed by atoms with Crippen LogP contribution in [-0.4, -0.2) is 71.7 Å². The molecule has 0 atom stereocenters.